The molecule has 0 saturated carbocycles. The van der Waals surface area contributed by atoms with Gasteiger partial charge in [0.25, 0.3) is 8.32 Å². The van der Waals surface area contributed by atoms with Crippen LogP contribution in [0.3, 0.4) is 0 Å². The van der Waals surface area contributed by atoms with Crippen molar-refractivity contribution in [3.05, 3.63) is 36.0 Å². The van der Waals surface area contributed by atoms with Crippen molar-refractivity contribution in [3.63, 3.8) is 0 Å². The maximum Gasteiger partial charge on any atom is 0.309 e. The largest absolute Gasteiger partial charge is 0.518 e. The highest BCUT2D eigenvalue weighted by Crippen LogP contribution is 2.40. The number of nitrogens with two attached hydrogens (primary N) is 1. The molecule has 1 aromatic carbocycles. The lowest BCUT2D eigenvalue weighted by atomic mass is 10.1. The van der Waals surface area contributed by atoms with Gasteiger partial charge in [-0.25, -0.2) is 0 Å². The fourth-order valence-electron chi connectivity index (χ4n) is 3.04. The van der Waals surface area contributed by atoms with Gasteiger partial charge in [-0.05, 0) is 41.0 Å². The summed E-state index contributed by atoms with van der Waals surface area (Å²) in [5.74, 6) is -0.277. The van der Waals surface area contributed by atoms with E-state index in [1.54, 1.807) is 0 Å². The highest BCUT2D eigenvalue weighted by molar-refractivity contribution is 6.79. The van der Waals surface area contributed by atoms with E-state index >= 15 is 0 Å². The molecule has 2 rings (SSSR count). The number of carbonyl (C=O) groups excluding carboxylic acids is 1. The van der Waals surface area contributed by atoms with E-state index in [0.29, 0.717) is 6.42 Å². The maximum atomic E-state index is 12.8. The van der Waals surface area contributed by atoms with Crippen LogP contribution in [0.4, 0.5) is 0 Å². The van der Waals surface area contributed by atoms with Gasteiger partial charge in [0.05, 0.1) is 0 Å². The highest BCUT2D eigenvalue weighted by atomic mass is 28.4. The average Bonchev–Trinajstić information content (AvgIpc) is 2.91. The van der Waals surface area contributed by atoms with Crippen LogP contribution >= 0.6 is 0 Å². The molecule has 4 nitrogen and oxygen atoms in total. The minimum Gasteiger partial charge on any atom is -0.518 e. The minimum atomic E-state index is -2.18. The Balaban J connectivity index is 2.37. The molecule has 1 atom stereocenters. The Morgan fingerprint density at radius 1 is 1.03 bits per heavy atom. The summed E-state index contributed by atoms with van der Waals surface area (Å²) in [7, 11) is -3.98. The molecule has 6 heteroatoms. The van der Waals surface area contributed by atoms with E-state index < -0.39 is 22.6 Å². The lowest BCUT2D eigenvalue weighted by molar-refractivity contribution is -0.136. The van der Waals surface area contributed by atoms with E-state index in [2.05, 4.69) is 102 Å². The van der Waals surface area contributed by atoms with Crippen molar-refractivity contribution in [2.75, 3.05) is 0 Å². The molecule has 0 fully saturated rings. The number of para-hydroxylation sites is 1. The summed E-state index contributed by atoms with van der Waals surface area (Å²) in [6.45, 7) is 22.3. The number of hydrogen-bond acceptors (Lipinski definition) is 3. The number of rotatable bonds is 5. The summed E-state index contributed by atoms with van der Waals surface area (Å²) in [5, 5.41) is 1.36. The van der Waals surface area contributed by atoms with E-state index in [-0.39, 0.29) is 16.0 Å². The van der Waals surface area contributed by atoms with Crippen molar-refractivity contribution < 1.29 is 9.22 Å². The number of nitrogens with zero attached hydrogens (tertiary/aromatic N) is 1. The quantitative estimate of drug-likeness (QED) is 0.597. The minimum absolute atomic E-state index is 0.0270. The van der Waals surface area contributed by atoms with Gasteiger partial charge in [0.2, 0.25) is 0 Å². The Kier molecular flexibility index (Phi) is 6.35. The Morgan fingerprint density at radius 3 is 2.10 bits per heavy atom. The molecule has 2 N–H and O–H groups in total. The lowest BCUT2D eigenvalue weighted by Gasteiger charge is -2.38. The van der Waals surface area contributed by atoms with Gasteiger partial charge in [-0.3, -0.25) is 4.79 Å². The Bertz CT molecular complexity index is 886. The van der Waals surface area contributed by atoms with Gasteiger partial charge in [-0.2, -0.15) is 0 Å². The second kappa shape index (κ2) is 7.71. The summed E-state index contributed by atoms with van der Waals surface area (Å²) in [4.78, 5) is 12.8. The summed E-state index contributed by atoms with van der Waals surface area (Å²) in [5.41, 5.74) is 8.71. The standard InChI is InChI=1S/C23H40N2O2Si2/c1-22(2,3)28(7,8)25-16-17(18-13-11-12-14-20(18)25)15-19(24)21(26)27-29(9,10)23(4,5)6/h11-14,16,19H,15,24H2,1-10H3/t19-/m0/s1. The maximum absolute atomic E-state index is 12.8. The van der Waals surface area contributed by atoms with Crippen molar-refractivity contribution in [3.8, 4) is 0 Å². The molecule has 0 bridgehead atoms. The van der Waals surface area contributed by atoms with Gasteiger partial charge in [0, 0.05) is 17.3 Å². The number of aromatic nitrogens is 1. The molecule has 162 valence electrons. The zero-order valence-corrected chi connectivity index (χ0v) is 22.0. The van der Waals surface area contributed by atoms with Gasteiger partial charge in [-0.15, -0.1) is 0 Å². The first-order chi connectivity index (χ1) is 13.0. The number of fused-ring (bicyclic) bond motifs is 1. The van der Waals surface area contributed by atoms with E-state index in [0.717, 1.165) is 5.56 Å². The number of benzene rings is 1. The molecule has 2 aromatic rings. The molecule has 29 heavy (non-hydrogen) atoms. The van der Waals surface area contributed by atoms with Gasteiger partial charge in [-0.1, -0.05) is 72.8 Å². The SMILES string of the molecule is CC(C)(C)[Si](C)(C)OC(=O)[C@@H](N)Cc1cn([Si](C)(C)C(C)(C)C)c2ccccc12. The fraction of sp³-hybridized carbons (Fsp3) is 0.609. The molecule has 1 aromatic heterocycles. The molecule has 0 saturated heterocycles. The molecular formula is C23H40N2O2Si2. The Labute approximate surface area is 179 Å². The topological polar surface area (TPSA) is 57.2 Å². The van der Waals surface area contributed by atoms with Crippen LogP contribution in [0.25, 0.3) is 10.9 Å². The van der Waals surface area contributed by atoms with Crippen LogP contribution < -0.4 is 5.73 Å². The van der Waals surface area contributed by atoms with Crippen LogP contribution in [0.1, 0.15) is 47.1 Å². The number of hydrogen-bond donors (Lipinski definition) is 1. The van der Waals surface area contributed by atoms with Crippen LogP contribution in [0, 0.1) is 0 Å². The van der Waals surface area contributed by atoms with Crippen LogP contribution in [0.2, 0.25) is 36.3 Å². The molecule has 0 spiro atoms. The van der Waals surface area contributed by atoms with Gasteiger partial charge in [0.1, 0.15) is 6.04 Å². The molecule has 0 aliphatic carbocycles. The second-order valence-electron chi connectivity index (χ2n) is 11.3. The smallest absolute Gasteiger partial charge is 0.309 e. The fourth-order valence-corrected chi connectivity index (χ4v) is 6.00. The summed E-state index contributed by atoms with van der Waals surface area (Å²) in [6.07, 6.45) is 2.73. The molecular weight excluding hydrogens is 392 g/mol. The summed E-state index contributed by atoms with van der Waals surface area (Å²) in [6, 6.07) is 7.81. The monoisotopic (exact) mass is 432 g/mol. The predicted molar refractivity (Wildman–Crippen MR) is 130 cm³/mol. The third-order valence-corrected chi connectivity index (χ3v) is 16.7. The van der Waals surface area contributed by atoms with Crippen molar-refractivity contribution in [2.45, 2.75) is 90.3 Å². The van der Waals surface area contributed by atoms with Gasteiger partial charge in [0.15, 0.2) is 8.24 Å². The molecule has 0 unspecified atom stereocenters. The van der Waals surface area contributed by atoms with Gasteiger partial charge < -0.3 is 14.4 Å². The lowest BCUT2D eigenvalue weighted by Crippen LogP contribution is -2.47. The van der Waals surface area contributed by atoms with Crippen LogP contribution in [-0.4, -0.2) is 32.8 Å². The summed E-state index contributed by atoms with van der Waals surface area (Å²) >= 11 is 0. The average molecular weight is 433 g/mol. The van der Waals surface area contributed by atoms with E-state index in [4.69, 9.17) is 10.2 Å². The van der Waals surface area contributed by atoms with Crippen molar-refractivity contribution in [1.29, 1.82) is 0 Å². The van der Waals surface area contributed by atoms with E-state index in [9.17, 15) is 4.79 Å². The third-order valence-electron chi connectivity index (χ3n) is 7.14. The van der Waals surface area contributed by atoms with Crippen molar-refractivity contribution >= 4 is 33.4 Å². The highest BCUT2D eigenvalue weighted by Gasteiger charge is 2.42. The van der Waals surface area contributed by atoms with Crippen LogP contribution in [-0.2, 0) is 15.6 Å². The normalized spacial score (nSPS) is 14.9. The summed E-state index contributed by atoms with van der Waals surface area (Å²) < 4.78 is 8.43. The first-order valence-electron chi connectivity index (χ1n) is 10.6. The Morgan fingerprint density at radius 2 is 1.59 bits per heavy atom. The van der Waals surface area contributed by atoms with Crippen LogP contribution in [0.5, 0.6) is 0 Å². The molecule has 0 radical (unpaired) electrons. The number of carbonyl (C=O) groups is 1. The first kappa shape index (κ1) is 23.9. The molecule has 0 amide bonds. The third kappa shape index (κ3) is 4.70. The molecule has 1 heterocycles. The zero-order valence-electron chi connectivity index (χ0n) is 20.0. The second-order valence-corrected chi connectivity index (χ2v) is 21.2. The zero-order chi connectivity index (χ0) is 22.4. The van der Waals surface area contributed by atoms with Gasteiger partial charge >= 0.3 is 5.97 Å². The Hall–Kier alpha value is -1.38. The predicted octanol–water partition coefficient (Wildman–Crippen LogP) is 5.91. The van der Waals surface area contributed by atoms with Crippen molar-refractivity contribution in [1.82, 2.24) is 4.23 Å². The van der Waals surface area contributed by atoms with E-state index in [1.165, 1.54) is 10.9 Å². The molecule has 0 aliphatic heterocycles. The van der Waals surface area contributed by atoms with Crippen LogP contribution in [0.15, 0.2) is 30.5 Å². The molecule has 0 aliphatic rings. The van der Waals surface area contributed by atoms with E-state index in [1.807, 2.05) is 0 Å². The first-order valence-corrected chi connectivity index (χ1v) is 16.4. The van der Waals surface area contributed by atoms with Crippen molar-refractivity contribution in [2.24, 2.45) is 5.73 Å².